The van der Waals surface area contributed by atoms with Crippen LogP contribution in [0.5, 0.6) is 0 Å². The summed E-state index contributed by atoms with van der Waals surface area (Å²) in [5.41, 5.74) is 1.20. The molecule has 0 aromatic carbocycles. The second-order valence-corrected chi connectivity index (χ2v) is 4.60. The van der Waals surface area contributed by atoms with Crippen LogP contribution in [0.1, 0.15) is 26.7 Å². The lowest BCUT2D eigenvalue weighted by Crippen LogP contribution is -2.37. The predicted molar refractivity (Wildman–Crippen MR) is 65.9 cm³/mol. The number of hydrogen-bond acceptors (Lipinski definition) is 3. The van der Waals surface area contributed by atoms with E-state index in [-0.39, 0.29) is 0 Å². The van der Waals surface area contributed by atoms with Crippen LogP contribution < -0.4 is 16.0 Å². The van der Waals surface area contributed by atoms with Gasteiger partial charge in [0, 0.05) is 37.3 Å². The summed E-state index contributed by atoms with van der Waals surface area (Å²) in [5.74, 6) is 0.623. The van der Waals surface area contributed by atoms with Crippen LogP contribution >= 0.6 is 0 Å². The van der Waals surface area contributed by atoms with E-state index >= 15 is 0 Å². The van der Waals surface area contributed by atoms with E-state index in [4.69, 9.17) is 0 Å². The molecule has 0 spiro atoms. The lowest BCUT2D eigenvalue weighted by molar-refractivity contribution is 0.404. The van der Waals surface area contributed by atoms with Gasteiger partial charge in [-0.3, -0.25) is 0 Å². The summed E-state index contributed by atoms with van der Waals surface area (Å²) < 4.78 is 0. The van der Waals surface area contributed by atoms with Crippen LogP contribution in [0.4, 0.5) is 0 Å². The van der Waals surface area contributed by atoms with Crippen molar-refractivity contribution in [1.29, 1.82) is 0 Å². The van der Waals surface area contributed by atoms with Crippen LogP contribution in [0.2, 0.25) is 0 Å². The van der Waals surface area contributed by atoms with Gasteiger partial charge in [0.15, 0.2) is 0 Å². The molecule has 3 N–H and O–H groups in total. The average molecular weight is 211 g/mol. The summed E-state index contributed by atoms with van der Waals surface area (Å²) in [6.07, 6.45) is 2.55. The Balaban J connectivity index is 2.07. The van der Waals surface area contributed by atoms with Crippen molar-refractivity contribution in [3.8, 4) is 0 Å². The van der Waals surface area contributed by atoms with Crippen LogP contribution in [0, 0.1) is 5.92 Å². The average Bonchev–Trinajstić information content (AvgIpc) is 2.25. The van der Waals surface area contributed by atoms with Crippen molar-refractivity contribution in [2.24, 2.45) is 5.92 Å². The Morgan fingerprint density at radius 2 is 2.27 bits per heavy atom. The van der Waals surface area contributed by atoms with E-state index < -0.39 is 0 Å². The highest BCUT2D eigenvalue weighted by Crippen LogP contribution is 2.15. The first-order valence-corrected chi connectivity index (χ1v) is 6.07. The highest BCUT2D eigenvalue weighted by atomic mass is 15.0. The Labute approximate surface area is 93.7 Å². The van der Waals surface area contributed by atoms with Gasteiger partial charge >= 0.3 is 0 Å². The number of hydrogen-bond donors (Lipinski definition) is 3. The highest BCUT2D eigenvalue weighted by molar-refractivity contribution is 5.00. The van der Waals surface area contributed by atoms with E-state index in [1.165, 1.54) is 25.1 Å². The second-order valence-electron chi connectivity index (χ2n) is 4.60. The SMILES string of the molecule is C=C(NCCNC(C)C)C1CCCNC1. The molecule has 15 heavy (non-hydrogen) atoms. The fourth-order valence-corrected chi connectivity index (χ4v) is 1.88. The van der Waals surface area contributed by atoms with E-state index in [0.29, 0.717) is 12.0 Å². The normalized spacial score (nSPS) is 21.7. The Kier molecular flexibility index (Phi) is 5.73. The molecule has 88 valence electrons. The maximum atomic E-state index is 4.12. The van der Waals surface area contributed by atoms with Crippen LogP contribution in [0.15, 0.2) is 12.3 Å². The van der Waals surface area contributed by atoms with Gasteiger partial charge in [0.1, 0.15) is 0 Å². The minimum atomic E-state index is 0.566. The Morgan fingerprint density at radius 1 is 1.47 bits per heavy atom. The molecule has 0 amide bonds. The van der Waals surface area contributed by atoms with Gasteiger partial charge in [-0.1, -0.05) is 20.4 Å². The molecule has 1 heterocycles. The highest BCUT2D eigenvalue weighted by Gasteiger charge is 2.15. The number of nitrogens with one attached hydrogen (secondary N) is 3. The lowest BCUT2D eigenvalue weighted by atomic mass is 9.97. The lowest BCUT2D eigenvalue weighted by Gasteiger charge is -2.25. The molecule has 0 aromatic rings. The monoisotopic (exact) mass is 211 g/mol. The molecule has 1 unspecified atom stereocenters. The first-order valence-electron chi connectivity index (χ1n) is 6.07. The molecule has 0 aliphatic carbocycles. The fraction of sp³-hybridized carbons (Fsp3) is 0.833. The van der Waals surface area contributed by atoms with Gasteiger partial charge < -0.3 is 16.0 Å². The zero-order valence-corrected chi connectivity index (χ0v) is 10.1. The maximum Gasteiger partial charge on any atom is 0.0269 e. The smallest absolute Gasteiger partial charge is 0.0269 e. The van der Waals surface area contributed by atoms with Gasteiger partial charge in [-0.2, -0.15) is 0 Å². The number of rotatable bonds is 6. The van der Waals surface area contributed by atoms with Crippen molar-refractivity contribution in [3.05, 3.63) is 12.3 Å². The van der Waals surface area contributed by atoms with Crippen LogP contribution in [0.25, 0.3) is 0 Å². The van der Waals surface area contributed by atoms with Crippen LogP contribution in [0.3, 0.4) is 0 Å². The third kappa shape index (κ3) is 5.19. The molecular formula is C12H25N3. The van der Waals surface area contributed by atoms with E-state index in [0.717, 1.165) is 19.6 Å². The minimum absolute atomic E-state index is 0.566. The van der Waals surface area contributed by atoms with Crippen molar-refractivity contribution in [2.45, 2.75) is 32.7 Å². The van der Waals surface area contributed by atoms with Crippen molar-refractivity contribution < 1.29 is 0 Å². The van der Waals surface area contributed by atoms with Gasteiger partial charge in [-0.05, 0) is 19.4 Å². The third-order valence-electron chi connectivity index (χ3n) is 2.82. The molecule has 0 bridgehead atoms. The largest absolute Gasteiger partial charge is 0.387 e. The molecule has 1 aliphatic heterocycles. The van der Waals surface area contributed by atoms with Crippen molar-refractivity contribution in [2.75, 3.05) is 26.2 Å². The molecule has 0 saturated carbocycles. The van der Waals surface area contributed by atoms with Crippen LogP contribution in [-0.4, -0.2) is 32.2 Å². The molecule has 0 radical (unpaired) electrons. The van der Waals surface area contributed by atoms with Crippen molar-refractivity contribution >= 4 is 0 Å². The summed E-state index contributed by atoms with van der Waals surface area (Å²) in [7, 11) is 0. The van der Waals surface area contributed by atoms with Crippen LogP contribution in [-0.2, 0) is 0 Å². The third-order valence-corrected chi connectivity index (χ3v) is 2.82. The molecule has 3 nitrogen and oxygen atoms in total. The van der Waals surface area contributed by atoms with E-state index in [9.17, 15) is 0 Å². The number of piperidine rings is 1. The maximum absolute atomic E-state index is 4.12. The molecule has 0 aromatic heterocycles. The molecule has 1 atom stereocenters. The van der Waals surface area contributed by atoms with Crippen molar-refractivity contribution in [1.82, 2.24) is 16.0 Å². The summed E-state index contributed by atoms with van der Waals surface area (Å²) in [4.78, 5) is 0. The molecule has 1 rings (SSSR count). The first-order chi connectivity index (χ1) is 7.20. The van der Waals surface area contributed by atoms with Crippen molar-refractivity contribution in [3.63, 3.8) is 0 Å². The van der Waals surface area contributed by atoms with E-state index in [1.807, 2.05) is 0 Å². The van der Waals surface area contributed by atoms with Gasteiger partial charge in [0.05, 0.1) is 0 Å². The summed E-state index contributed by atoms with van der Waals surface area (Å²) in [6, 6.07) is 0.566. The zero-order chi connectivity index (χ0) is 11.1. The van der Waals surface area contributed by atoms with Gasteiger partial charge in [0.2, 0.25) is 0 Å². The van der Waals surface area contributed by atoms with E-state index in [1.54, 1.807) is 0 Å². The standard InChI is InChI=1S/C12H25N3/c1-10(2)14-7-8-15-11(3)12-5-4-6-13-9-12/h10,12-15H,3-9H2,1-2H3. The molecule has 3 heteroatoms. The first kappa shape index (κ1) is 12.5. The quantitative estimate of drug-likeness (QED) is 0.576. The van der Waals surface area contributed by atoms with E-state index in [2.05, 4.69) is 36.4 Å². The summed E-state index contributed by atoms with van der Waals surface area (Å²) in [6.45, 7) is 12.7. The zero-order valence-electron chi connectivity index (χ0n) is 10.1. The Morgan fingerprint density at radius 3 is 2.87 bits per heavy atom. The van der Waals surface area contributed by atoms with Gasteiger partial charge in [-0.25, -0.2) is 0 Å². The Bertz CT molecular complexity index is 183. The summed E-state index contributed by atoms with van der Waals surface area (Å²) in [5, 5.41) is 10.2. The molecule has 1 aliphatic rings. The van der Waals surface area contributed by atoms with Gasteiger partial charge in [0.25, 0.3) is 0 Å². The second kappa shape index (κ2) is 6.85. The molecule has 1 saturated heterocycles. The molecule has 1 fully saturated rings. The predicted octanol–water partition coefficient (Wildman–Crippen LogP) is 1.09. The molecular weight excluding hydrogens is 186 g/mol. The fourth-order valence-electron chi connectivity index (χ4n) is 1.88. The minimum Gasteiger partial charge on any atom is -0.387 e. The Hall–Kier alpha value is -0.540. The van der Waals surface area contributed by atoms with Gasteiger partial charge in [-0.15, -0.1) is 0 Å². The topological polar surface area (TPSA) is 36.1 Å². The summed E-state index contributed by atoms with van der Waals surface area (Å²) >= 11 is 0.